The molecule has 0 aliphatic rings. The minimum Gasteiger partial charge on any atom is -0.0999 e. The average Bonchev–Trinajstić information content (AvgIpc) is 2.26. The number of allylic oxidation sites excluding steroid dienone is 1. The molecule has 0 heterocycles. The van der Waals surface area contributed by atoms with Crippen LogP contribution in [-0.2, 0) is 0 Å². The predicted molar refractivity (Wildman–Crippen MR) is 75.8 cm³/mol. The Hall–Kier alpha value is -0.260. The highest BCUT2D eigenvalue weighted by atomic mass is 14.1. The molecular formula is C16H32. The third kappa shape index (κ3) is 10.3. The summed E-state index contributed by atoms with van der Waals surface area (Å²) in [6, 6.07) is 0. The smallest absolute Gasteiger partial charge is 0.0323 e. The van der Waals surface area contributed by atoms with Gasteiger partial charge in [-0.3, -0.25) is 0 Å². The Bertz CT molecular complexity index is 157. The highest BCUT2D eigenvalue weighted by molar-refractivity contribution is 4.93. The molecule has 0 aliphatic carbocycles. The molecule has 0 saturated heterocycles. The lowest BCUT2D eigenvalue weighted by Gasteiger charge is -2.11. The number of rotatable bonds is 11. The summed E-state index contributed by atoms with van der Waals surface area (Å²) in [4.78, 5) is 0. The fraction of sp³-hybridized carbons (Fsp3) is 0.875. The summed E-state index contributed by atoms with van der Waals surface area (Å²) in [5.41, 5.74) is 1.48. The van der Waals surface area contributed by atoms with E-state index >= 15 is 0 Å². The van der Waals surface area contributed by atoms with E-state index in [-0.39, 0.29) is 0 Å². The SMILES string of the molecule is C=C(CCCCC)CCCC(C)CCCC. The van der Waals surface area contributed by atoms with Crippen molar-refractivity contribution in [2.45, 2.75) is 85.0 Å². The Morgan fingerprint density at radius 2 is 1.44 bits per heavy atom. The summed E-state index contributed by atoms with van der Waals surface area (Å²) in [6.07, 6.45) is 13.5. The van der Waals surface area contributed by atoms with Gasteiger partial charge in [0, 0.05) is 0 Å². The van der Waals surface area contributed by atoms with E-state index in [9.17, 15) is 0 Å². The van der Waals surface area contributed by atoms with Crippen molar-refractivity contribution < 1.29 is 0 Å². The van der Waals surface area contributed by atoms with Crippen molar-refractivity contribution >= 4 is 0 Å². The van der Waals surface area contributed by atoms with Crippen molar-refractivity contribution in [3.63, 3.8) is 0 Å². The van der Waals surface area contributed by atoms with Gasteiger partial charge in [0.25, 0.3) is 0 Å². The van der Waals surface area contributed by atoms with Crippen LogP contribution in [0.4, 0.5) is 0 Å². The topological polar surface area (TPSA) is 0 Å². The lowest BCUT2D eigenvalue weighted by molar-refractivity contribution is 0.455. The lowest BCUT2D eigenvalue weighted by Crippen LogP contribution is -1.95. The van der Waals surface area contributed by atoms with Gasteiger partial charge in [-0.2, -0.15) is 0 Å². The molecule has 1 unspecified atom stereocenters. The molecular weight excluding hydrogens is 192 g/mol. The predicted octanol–water partition coefficient (Wildman–Crippen LogP) is 6.12. The fourth-order valence-corrected chi connectivity index (χ4v) is 2.15. The molecule has 1 atom stereocenters. The molecule has 0 N–H and O–H groups in total. The van der Waals surface area contributed by atoms with Gasteiger partial charge in [0.2, 0.25) is 0 Å². The van der Waals surface area contributed by atoms with Crippen LogP contribution in [0.2, 0.25) is 0 Å². The minimum atomic E-state index is 0.920. The number of hydrogen-bond donors (Lipinski definition) is 0. The highest BCUT2D eigenvalue weighted by Crippen LogP contribution is 2.19. The van der Waals surface area contributed by atoms with Gasteiger partial charge in [-0.15, -0.1) is 0 Å². The second kappa shape index (κ2) is 11.2. The van der Waals surface area contributed by atoms with Crippen molar-refractivity contribution in [3.8, 4) is 0 Å². The van der Waals surface area contributed by atoms with E-state index in [1.165, 1.54) is 69.8 Å². The van der Waals surface area contributed by atoms with Gasteiger partial charge in [0.15, 0.2) is 0 Å². The molecule has 0 fully saturated rings. The van der Waals surface area contributed by atoms with E-state index in [0.29, 0.717) is 0 Å². The second-order valence-corrected chi connectivity index (χ2v) is 5.35. The number of hydrogen-bond acceptors (Lipinski definition) is 0. The quantitative estimate of drug-likeness (QED) is 0.293. The molecule has 0 aliphatic heterocycles. The third-order valence-corrected chi connectivity index (χ3v) is 3.41. The lowest BCUT2D eigenvalue weighted by atomic mass is 9.95. The van der Waals surface area contributed by atoms with E-state index < -0.39 is 0 Å². The molecule has 0 amide bonds. The van der Waals surface area contributed by atoms with Crippen LogP contribution in [0.3, 0.4) is 0 Å². The third-order valence-electron chi connectivity index (χ3n) is 3.41. The molecule has 0 rings (SSSR count). The normalized spacial score (nSPS) is 12.7. The molecule has 0 heteroatoms. The number of unbranched alkanes of at least 4 members (excludes halogenated alkanes) is 3. The Kier molecular flexibility index (Phi) is 11.0. The van der Waals surface area contributed by atoms with Gasteiger partial charge in [0.1, 0.15) is 0 Å². The van der Waals surface area contributed by atoms with Crippen LogP contribution in [0.1, 0.15) is 85.0 Å². The Balaban J connectivity index is 3.32. The summed E-state index contributed by atoms with van der Waals surface area (Å²) in [6.45, 7) is 11.1. The van der Waals surface area contributed by atoms with Crippen LogP contribution >= 0.6 is 0 Å². The van der Waals surface area contributed by atoms with Crippen molar-refractivity contribution in [1.29, 1.82) is 0 Å². The van der Waals surface area contributed by atoms with Crippen molar-refractivity contribution in [3.05, 3.63) is 12.2 Å². The first kappa shape index (κ1) is 15.7. The highest BCUT2D eigenvalue weighted by Gasteiger charge is 2.02. The summed E-state index contributed by atoms with van der Waals surface area (Å²) in [5, 5.41) is 0. The monoisotopic (exact) mass is 224 g/mol. The first-order valence-corrected chi connectivity index (χ1v) is 7.37. The molecule has 0 spiro atoms. The largest absolute Gasteiger partial charge is 0.0999 e. The van der Waals surface area contributed by atoms with E-state index in [0.717, 1.165) is 5.92 Å². The summed E-state index contributed by atoms with van der Waals surface area (Å²) >= 11 is 0. The van der Waals surface area contributed by atoms with Crippen molar-refractivity contribution in [2.75, 3.05) is 0 Å². The molecule has 0 aromatic carbocycles. The molecule has 0 radical (unpaired) electrons. The summed E-state index contributed by atoms with van der Waals surface area (Å²) < 4.78 is 0. The maximum Gasteiger partial charge on any atom is -0.0323 e. The zero-order chi connectivity index (χ0) is 12.2. The van der Waals surface area contributed by atoms with E-state index in [1.54, 1.807) is 0 Å². The zero-order valence-electron chi connectivity index (χ0n) is 11.9. The van der Waals surface area contributed by atoms with Crippen LogP contribution < -0.4 is 0 Å². The van der Waals surface area contributed by atoms with Crippen LogP contribution in [0.5, 0.6) is 0 Å². The molecule has 96 valence electrons. The fourth-order valence-electron chi connectivity index (χ4n) is 2.15. The van der Waals surface area contributed by atoms with E-state index in [2.05, 4.69) is 27.4 Å². The van der Waals surface area contributed by atoms with Crippen LogP contribution in [-0.4, -0.2) is 0 Å². The van der Waals surface area contributed by atoms with Crippen molar-refractivity contribution in [1.82, 2.24) is 0 Å². The van der Waals surface area contributed by atoms with Crippen LogP contribution in [0.25, 0.3) is 0 Å². The molecule has 16 heavy (non-hydrogen) atoms. The van der Waals surface area contributed by atoms with Crippen LogP contribution in [0.15, 0.2) is 12.2 Å². The van der Waals surface area contributed by atoms with Gasteiger partial charge in [-0.1, -0.05) is 71.4 Å². The van der Waals surface area contributed by atoms with Gasteiger partial charge >= 0.3 is 0 Å². The standard InChI is InChI=1S/C16H32/c1-5-7-9-12-16(4)14-10-13-15(3)11-8-6-2/h15H,4-14H2,1-3H3. The summed E-state index contributed by atoms with van der Waals surface area (Å²) in [7, 11) is 0. The van der Waals surface area contributed by atoms with E-state index in [1.807, 2.05) is 0 Å². The van der Waals surface area contributed by atoms with Gasteiger partial charge < -0.3 is 0 Å². The van der Waals surface area contributed by atoms with Gasteiger partial charge in [-0.05, 0) is 31.6 Å². The maximum absolute atomic E-state index is 4.19. The van der Waals surface area contributed by atoms with E-state index in [4.69, 9.17) is 0 Å². The summed E-state index contributed by atoms with van der Waals surface area (Å²) in [5.74, 6) is 0.920. The maximum atomic E-state index is 4.19. The molecule has 0 aromatic heterocycles. The first-order valence-electron chi connectivity index (χ1n) is 7.37. The molecule has 0 nitrogen and oxygen atoms in total. The minimum absolute atomic E-state index is 0.920. The van der Waals surface area contributed by atoms with Crippen LogP contribution in [0, 0.1) is 5.92 Å². The first-order chi connectivity index (χ1) is 7.70. The molecule has 0 aromatic rings. The molecule has 0 saturated carbocycles. The Morgan fingerprint density at radius 1 is 0.875 bits per heavy atom. The Morgan fingerprint density at radius 3 is 2.06 bits per heavy atom. The second-order valence-electron chi connectivity index (χ2n) is 5.35. The Labute approximate surface area is 104 Å². The van der Waals surface area contributed by atoms with Crippen molar-refractivity contribution in [2.24, 2.45) is 5.92 Å². The zero-order valence-corrected chi connectivity index (χ0v) is 11.9. The average molecular weight is 224 g/mol. The van der Waals surface area contributed by atoms with Gasteiger partial charge in [-0.25, -0.2) is 0 Å². The van der Waals surface area contributed by atoms with Gasteiger partial charge in [0.05, 0.1) is 0 Å². The molecule has 0 bridgehead atoms.